The van der Waals surface area contributed by atoms with E-state index in [4.69, 9.17) is 10.8 Å². The fraction of sp³-hybridized carbons (Fsp3) is 0.857. The van der Waals surface area contributed by atoms with Crippen LogP contribution in [0.1, 0.15) is 6.92 Å². The summed E-state index contributed by atoms with van der Waals surface area (Å²) in [4.78, 5) is 10.3. The van der Waals surface area contributed by atoms with E-state index in [2.05, 4.69) is 10.0 Å². The summed E-state index contributed by atoms with van der Waals surface area (Å²) in [6, 6.07) is -1.01. The molecule has 1 unspecified atom stereocenters. The zero-order valence-electron chi connectivity index (χ0n) is 8.56. The van der Waals surface area contributed by atoms with Crippen LogP contribution in [0.5, 0.6) is 0 Å². The van der Waals surface area contributed by atoms with Gasteiger partial charge in [0.25, 0.3) is 0 Å². The third-order valence-electron chi connectivity index (χ3n) is 1.59. The van der Waals surface area contributed by atoms with E-state index in [9.17, 15) is 13.2 Å². The first-order chi connectivity index (χ1) is 6.89. The van der Waals surface area contributed by atoms with Gasteiger partial charge in [-0.15, -0.1) is 0 Å². The van der Waals surface area contributed by atoms with E-state index in [0.717, 1.165) is 0 Å². The zero-order chi connectivity index (χ0) is 11.9. The molecule has 7 nitrogen and oxygen atoms in total. The van der Waals surface area contributed by atoms with Crippen molar-refractivity contribution in [1.29, 1.82) is 0 Å². The van der Waals surface area contributed by atoms with E-state index in [-0.39, 0.29) is 18.8 Å². The smallest absolute Gasteiger partial charge is 0.321 e. The standard InChI is InChI=1S/C7H17N3O4S/c1-2-10-15(13,14)4-3-9-5-6(8)7(11)12/h6,9-10H,2-5,8H2,1H3,(H,11,12). The Bertz CT molecular complexity index is 291. The van der Waals surface area contributed by atoms with Gasteiger partial charge in [0.05, 0.1) is 5.75 Å². The molecule has 1 atom stereocenters. The number of aliphatic carboxylic acids is 1. The minimum atomic E-state index is -3.25. The number of hydrogen-bond acceptors (Lipinski definition) is 5. The topological polar surface area (TPSA) is 122 Å². The molecule has 15 heavy (non-hydrogen) atoms. The van der Waals surface area contributed by atoms with Crippen LogP contribution in [0.15, 0.2) is 0 Å². The first-order valence-electron chi connectivity index (χ1n) is 4.55. The van der Waals surface area contributed by atoms with Crippen molar-refractivity contribution >= 4 is 16.0 Å². The van der Waals surface area contributed by atoms with Crippen LogP contribution in [0, 0.1) is 0 Å². The van der Waals surface area contributed by atoms with Gasteiger partial charge in [0.2, 0.25) is 10.0 Å². The van der Waals surface area contributed by atoms with E-state index >= 15 is 0 Å². The molecule has 90 valence electrons. The SMILES string of the molecule is CCNS(=O)(=O)CCNCC(N)C(=O)O. The number of nitrogens with one attached hydrogen (secondary N) is 2. The summed E-state index contributed by atoms with van der Waals surface area (Å²) in [7, 11) is -3.25. The minimum absolute atomic E-state index is 0.0526. The molecule has 5 N–H and O–H groups in total. The summed E-state index contributed by atoms with van der Waals surface area (Å²) in [6.45, 7) is 2.26. The van der Waals surface area contributed by atoms with Gasteiger partial charge in [-0.2, -0.15) is 0 Å². The molecule has 0 aliphatic heterocycles. The van der Waals surface area contributed by atoms with Crippen molar-refractivity contribution < 1.29 is 18.3 Å². The number of carboxylic acids is 1. The number of sulfonamides is 1. The van der Waals surface area contributed by atoms with Gasteiger partial charge in [0.1, 0.15) is 6.04 Å². The van der Waals surface area contributed by atoms with Gasteiger partial charge in [-0.1, -0.05) is 6.92 Å². The lowest BCUT2D eigenvalue weighted by Crippen LogP contribution is -2.42. The molecule has 0 saturated heterocycles. The second kappa shape index (κ2) is 6.72. The number of rotatable bonds is 8. The third-order valence-corrected chi connectivity index (χ3v) is 3.06. The fourth-order valence-corrected chi connectivity index (χ4v) is 1.84. The molecule has 0 aromatic heterocycles. The second-order valence-electron chi connectivity index (χ2n) is 2.97. The molecule has 0 fully saturated rings. The summed E-state index contributed by atoms with van der Waals surface area (Å²) in [5.74, 6) is -1.20. The van der Waals surface area contributed by atoms with Crippen LogP contribution in [0.4, 0.5) is 0 Å². The zero-order valence-corrected chi connectivity index (χ0v) is 9.38. The molecule has 0 aliphatic rings. The maximum Gasteiger partial charge on any atom is 0.321 e. The summed E-state index contributed by atoms with van der Waals surface area (Å²) in [5.41, 5.74) is 5.20. The Balaban J connectivity index is 3.67. The molecule has 8 heteroatoms. The quantitative estimate of drug-likeness (QED) is 0.361. The Morgan fingerprint density at radius 1 is 1.53 bits per heavy atom. The van der Waals surface area contributed by atoms with E-state index in [0.29, 0.717) is 6.54 Å². The lowest BCUT2D eigenvalue weighted by atomic mass is 10.3. The van der Waals surface area contributed by atoms with Gasteiger partial charge in [0, 0.05) is 19.6 Å². The van der Waals surface area contributed by atoms with Crippen molar-refractivity contribution in [2.75, 3.05) is 25.4 Å². The highest BCUT2D eigenvalue weighted by Gasteiger charge is 2.11. The van der Waals surface area contributed by atoms with Gasteiger partial charge in [-0.25, -0.2) is 13.1 Å². The van der Waals surface area contributed by atoms with Crippen LogP contribution in [0.25, 0.3) is 0 Å². The third kappa shape index (κ3) is 7.25. The minimum Gasteiger partial charge on any atom is -0.480 e. The van der Waals surface area contributed by atoms with E-state index in [1.807, 2.05) is 0 Å². The van der Waals surface area contributed by atoms with E-state index in [1.165, 1.54) is 0 Å². The molecule has 0 heterocycles. The fourth-order valence-electron chi connectivity index (χ4n) is 0.843. The van der Waals surface area contributed by atoms with Crippen LogP contribution >= 0.6 is 0 Å². The van der Waals surface area contributed by atoms with Crippen molar-refractivity contribution in [3.63, 3.8) is 0 Å². The molecule has 0 saturated carbocycles. The number of carboxylic acid groups (broad SMARTS) is 1. The number of hydrogen-bond donors (Lipinski definition) is 4. The van der Waals surface area contributed by atoms with Crippen LogP contribution < -0.4 is 15.8 Å². The van der Waals surface area contributed by atoms with Crippen molar-refractivity contribution in [2.45, 2.75) is 13.0 Å². The van der Waals surface area contributed by atoms with Crippen LogP contribution in [0.3, 0.4) is 0 Å². The number of carbonyl (C=O) groups is 1. The van der Waals surface area contributed by atoms with Gasteiger partial charge in [-0.3, -0.25) is 4.79 Å². The van der Waals surface area contributed by atoms with Crippen molar-refractivity contribution in [3.8, 4) is 0 Å². The molecule has 0 bridgehead atoms. The highest BCUT2D eigenvalue weighted by molar-refractivity contribution is 7.89. The lowest BCUT2D eigenvalue weighted by molar-refractivity contribution is -0.138. The second-order valence-corrected chi connectivity index (χ2v) is 4.89. The predicted molar refractivity (Wildman–Crippen MR) is 55.9 cm³/mol. The molecule has 0 radical (unpaired) electrons. The Morgan fingerprint density at radius 2 is 2.13 bits per heavy atom. The molecule has 0 aromatic carbocycles. The van der Waals surface area contributed by atoms with E-state index in [1.54, 1.807) is 6.92 Å². The summed E-state index contributed by atoms with van der Waals surface area (Å²) in [5, 5.41) is 11.1. The summed E-state index contributed by atoms with van der Waals surface area (Å²) in [6.07, 6.45) is 0. The monoisotopic (exact) mass is 239 g/mol. The van der Waals surface area contributed by atoms with Crippen LogP contribution in [0.2, 0.25) is 0 Å². The highest BCUT2D eigenvalue weighted by atomic mass is 32.2. The first-order valence-corrected chi connectivity index (χ1v) is 6.20. The lowest BCUT2D eigenvalue weighted by Gasteiger charge is -2.08. The Kier molecular flexibility index (Phi) is 6.41. The van der Waals surface area contributed by atoms with Gasteiger partial charge in [-0.05, 0) is 0 Å². The molecule has 0 rings (SSSR count). The summed E-state index contributed by atoms with van der Waals surface area (Å²) >= 11 is 0. The molecular formula is C7H17N3O4S. The van der Waals surface area contributed by atoms with Gasteiger partial charge < -0.3 is 16.2 Å². The average molecular weight is 239 g/mol. The van der Waals surface area contributed by atoms with Crippen LogP contribution in [-0.4, -0.2) is 50.9 Å². The molecule has 0 aromatic rings. The molecular weight excluding hydrogens is 222 g/mol. The maximum absolute atomic E-state index is 11.1. The normalized spacial score (nSPS) is 13.7. The van der Waals surface area contributed by atoms with Crippen molar-refractivity contribution in [2.24, 2.45) is 5.73 Å². The molecule has 0 aliphatic carbocycles. The first kappa shape index (κ1) is 14.3. The molecule has 0 amide bonds. The Labute approximate surface area is 89.1 Å². The van der Waals surface area contributed by atoms with Gasteiger partial charge >= 0.3 is 5.97 Å². The van der Waals surface area contributed by atoms with Crippen molar-refractivity contribution in [1.82, 2.24) is 10.0 Å². The van der Waals surface area contributed by atoms with E-state index < -0.39 is 22.0 Å². The maximum atomic E-state index is 11.1. The summed E-state index contributed by atoms with van der Waals surface area (Å²) < 4.78 is 24.5. The Morgan fingerprint density at radius 3 is 2.60 bits per heavy atom. The van der Waals surface area contributed by atoms with Crippen molar-refractivity contribution in [3.05, 3.63) is 0 Å². The van der Waals surface area contributed by atoms with Crippen LogP contribution in [-0.2, 0) is 14.8 Å². The molecule has 0 spiro atoms. The highest BCUT2D eigenvalue weighted by Crippen LogP contribution is 1.82. The Hall–Kier alpha value is -0.700. The van der Waals surface area contributed by atoms with Gasteiger partial charge in [0.15, 0.2) is 0 Å². The largest absolute Gasteiger partial charge is 0.480 e. The average Bonchev–Trinajstić information content (AvgIpc) is 2.11. The number of nitrogens with two attached hydrogens (primary N) is 1. The predicted octanol–water partition coefficient (Wildman–Crippen LogP) is -2.07.